The molecule has 0 atom stereocenters. The first-order chi connectivity index (χ1) is 12.1. The molecule has 3 N–H and O–H groups in total. The molecule has 4 nitrogen and oxygen atoms in total. The van der Waals surface area contributed by atoms with Gasteiger partial charge in [-0.3, -0.25) is 4.99 Å². The summed E-state index contributed by atoms with van der Waals surface area (Å²) in [4.78, 5) is 4.68. The zero-order chi connectivity index (χ0) is 17.7. The molecule has 0 saturated carbocycles. The number of ether oxygens (including phenoxy) is 1. The van der Waals surface area contributed by atoms with Gasteiger partial charge in [-0.15, -0.1) is 0 Å². The van der Waals surface area contributed by atoms with Gasteiger partial charge in [-0.25, -0.2) is 0 Å². The van der Waals surface area contributed by atoms with Crippen LogP contribution in [0.4, 0.5) is 5.69 Å². The molecular formula is C21H27N3O. The van der Waals surface area contributed by atoms with E-state index in [-0.39, 0.29) is 5.41 Å². The summed E-state index contributed by atoms with van der Waals surface area (Å²) in [7, 11) is 0. The van der Waals surface area contributed by atoms with Crippen molar-refractivity contribution < 1.29 is 4.74 Å². The minimum absolute atomic E-state index is 0.00314. The van der Waals surface area contributed by atoms with E-state index in [1.165, 1.54) is 16.7 Å². The molecule has 3 rings (SSSR count). The van der Waals surface area contributed by atoms with Crippen LogP contribution in [0.2, 0.25) is 0 Å². The average Bonchev–Trinajstić information content (AvgIpc) is 2.63. The summed E-state index contributed by atoms with van der Waals surface area (Å²) < 4.78 is 5.60. The Labute approximate surface area is 150 Å². The molecule has 0 unspecified atom stereocenters. The second kappa shape index (κ2) is 7.70. The van der Waals surface area contributed by atoms with Crippen LogP contribution in [0.15, 0.2) is 53.5 Å². The minimum atomic E-state index is 0.00314. The van der Waals surface area contributed by atoms with Crippen LogP contribution >= 0.6 is 0 Å². The third-order valence-electron chi connectivity index (χ3n) is 5.04. The van der Waals surface area contributed by atoms with Gasteiger partial charge in [-0.2, -0.15) is 0 Å². The summed E-state index contributed by atoms with van der Waals surface area (Å²) in [5, 5.41) is 3.19. The number of nitrogens with one attached hydrogen (secondary N) is 1. The molecule has 1 aliphatic rings. The quantitative estimate of drug-likeness (QED) is 0.659. The van der Waals surface area contributed by atoms with E-state index in [9.17, 15) is 0 Å². The van der Waals surface area contributed by atoms with Crippen LogP contribution < -0.4 is 11.1 Å². The highest BCUT2D eigenvalue weighted by molar-refractivity contribution is 5.92. The molecule has 1 saturated heterocycles. The highest BCUT2D eigenvalue weighted by Gasteiger charge is 2.35. The van der Waals surface area contributed by atoms with Gasteiger partial charge < -0.3 is 15.8 Å². The van der Waals surface area contributed by atoms with Gasteiger partial charge in [-0.05, 0) is 49.9 Å². The largest absolute Gasteiger partial charge is 0.381 e. The van der Waals surface area contributed by atoms with E-state index in [1.54, 1.807) is 0 Å². The Hall–Kier alpha value is -2.33. The lowest BCUT2D eigenvalue weighted by Crippen LogP contribution is -2.38. The van der Waals surface area contributed by atoms with Crippen molar-refractivity contribution in [2.24, 2.45) is 10.7 Å². The maximum Gasteiger partial charge on any atom is 0.193 e. The third-order valence-corrected chi connectivity index (χ3v) is 5.04. The number of hydrogen-bond acceptors (Lipinski definition) is 2. The van der Waals surface area contributed by atoms with Crippen molar-refractivity contribution in [1.29, 1.82) is 0 Å². The van der Waals surface area contributed by atoms with Crippen molar-refractivity contribution in [3.05, 3.63) is 65.2 Å². The fraction of sp³-hybridized carbons (Fsp3) is 0.381. The maximum absolute atomic E-state index is 6.14. The first kappa shape index (κ1) is 17.5. The van der Waals surface area contributed by atoms with Crippen LogP contribution in [0, 0.1) is 13.8 Å². The number of nitrogens with two attached hydrogens (primary N) is 1. The first-order valence-corrected chi connectivity index (χ1v) is 8.87. The lowest BCUT2D eigenvalue weighted by atomic mass is 9.72. The summed E-state index contributed by atoms with van der Waals surface area (Å²) in [6.07, 6.45) is 1.94. The normalized spacial score (nSPS) is 17.3. The molecule has 25 heavy (non-hydrogen) atoms. The van der Waals surface area contributed by atoms with Gasteiger partial charge in [0.2, 0.25) is 0 Å². The highest BCUT2D eigenvalue weighted by Crippen LogP contribution is 2.37. The number of hydrogen-bond donors (Lipinski definition) is 2. The van der Waals surface area contributed by atoms with Crippen LogP contribution in [0.1, 0.15) is 29.5 Å². The average molecular weight is 337 g/mol. The third kappa shape index (κ3) is 4.20. The van der Waals surface area contributed by atoms with E-state index in [2.05, 4.69) is 60.6 Å². The molecule has 0 aliphatic carbocycles. The number of rotatable bonds is 4. The van der Waals surface area contributed by atoms with Crippen LogP contribution in [0.25, 0.3) is 0 Å². The van der Waals surface area contributed by atoms with Gasteiger partial charge in [0.1, 0.15) is 0 Å². The van der Waals surface area contributed by atoms with E-state index in [0.29, 0.717) is 12.5 Å². The molecule has 4 heteroatoms. The zero-order valence-corrected chi connectivity index (χ0v) is 15.1. The van der Waals surface area contributed by atoms with Crippen molar-refractivity contribution in [2.45, 2.75) is 32.1 Å². The number of nitrogens with zero attached hydrogens (tertiary/aromatic N) is 1. The fourth-order valence-electron chi connectivity index (χ4n) is 3.50. The number of guanidine groups is 1. The fourth-order valence-corrected chi connectivity index (χ4v) is 3.50. The van der Waals surface area contributed by atoms with Gasteiger partial charge in [-0.1, -0.05) is 42.0 Å². The van der Waals surface area contributed by atoms with E-state index >= 15 is 0 Å². The Morgan fingerprint density at radius 3 is 2.44 bits per heavy atom. The van der Waals surface area contributed by atoms with E-state index in [1.807, 2.05) is 12.1 Å². The summed E-state index contributed by atoms with van der Waals surface area (Å²) in [5.41, 5.74) is 11.0. The predicted molar refractivity (Wildman–Crippen MR) is 104 cm³/mol. The van der Waals surface area contributed by atoms with Gasteiger partial charge >= 0.3 is 0 Å². The van der Waals surface area contributed by atoms with Crippen LogP contribution in [0.5, 0.6) is 0 Å². The van der Waals surface area contributed by atoms with Crippen LogP contribution in [-0.4, -0.2) is 25.7 Å². The smallest absolute Gasteiger partial charge is 0.193 e. The van der Waals surface area contributed by atoms with E-state index in [4.69, 9.17) is 10.5 Å². The molecule has 132 valence electrons. The Kier molecular flexibility index (Phi) is 5.39. The summed E-state index contributed by atoms with van der Waals surface area (Å²) in [6, 6.07) is 16.7. The Bertz CT molecular complexity index is 731. The van der Waals surface area contributed by atoms with Gasteiger partial charge in [0.15, 0.2) is 5.96 Å². The topological polar surface area (TPSA) is 59.6 Å². The molecule has 1 heterocycles. The molecule has 1 fully saturated rings. The molecule has 1 aliphatic heterocycles. The molecule has 2 aromatic rings. The Balaban J connectivity index is 1.78. The number of aryl methyl sites for hydroxylation is 2. The second-order valence-electron chi connectivity index (χ2n) is 6.90. The van der Waals surface area contributed by atoms with Crippen molar-refractivity contribution in [2.75, 3.05) is 25.1 Å². The minimum Gasteiger partial charge on any atom is -0.381 e. The molecule has 0 aromatic heterocycles. The Morgan fingerprint density at radius 2 is 1.76 bits per heavy atom. The lowest BCUT2D eigenvalue weighted by Gasteiger charge is -2.37. The predicted octanol–water partition coefficient (Wildman–Crippen LogP) is 3.78. The van der Waals surface area contributed by atoms with E-state index in [0.717, 1.165) is 31.7 Å². The monoisotopic (exact) mass is 337 g/mol. The van der Waals surface area contributed by atoms with Crippen molar-refractivity contribution in [1.82, 2.24) is 0 Å². The summed E-state index contributed by atoms with van der Waals surface area (Å²) in [5.74, 6) is 0.461. The maximum atomic E-state index is 6.14. The van der Waals surface area contributed by atoms with Gasteiger partial charge in [0.05, 0.1) is 6.54 Å². The number of benzene rings is 2. The molecule has 2 aromatic carbocycles. The summed E-state index contributed by atoms with van der Waals surface area (Å²) >= 11 is 0. The molecular weight excluding hydrogens is 310 g/mol. The van der Waals surface area contributed by atoms with Crippen molar-refractivity contribution >= 4 is 11.6 Å². The van der Waals surface area contributed by atoms with Crippen LogP contribution in [0.3, 0.4) is 0 Å². The Morgan fingerprint density at radius 1 is 1.08 bits per heavy atom. The van der Waals surface area contributed by atoms with Gasteiger partial charge in [0, 0.05) is 24.3 Å². The standard InChI is InChI=1S/C21H27N3O/c1-16-7-9-18(10-8-16)24-20(22)23-15-21(11-13-25-14-12-21)19-6-4-3-5-17(19)2/h3-10H,11-15H2,1-2H3,(H3,22,23,24). The zero-order valence-electron chi connectivity index (χ0n) is 15.1. The molecule has 0 radical (unpaired) electrons. The van der Waals surface area contributed by atoms with Crippen LogP contribution in [-0.2, 0) is 10.2 Å². The van der Waals surface area contributed by atoms with Crippen molar-refractivity contribution in [3.63, 3.8) is 0 Å². The first-order valence-electron chi connectivity index (χ1n) is 8.87. The molecule has 0 spiro atoms. The molecule has 0 amide bonds. The van der Waals surface area contributed by atoms with Crippen molar-refractivity contribution in [3.8, 4) is 0 Å². The summed E-state index contributed by atoms with van der Waals surface area (Å²) in [6.45, 7) is 6.46. The number of aliphatic imine (C=N–C) groups is 1. The SMILES string of the molecule is Cc1ccc(NC(N)=NCC2(c3ccccc3C)CCOCC2)cc1. The second-order valence-corrected chi connectivity index (χ2v) is 6.90. The highest BCUT2D eigenvalue weighted by atomic mass is 16.5. The lowest BCUT2D eigenvalue weighted by molar-refractivity contribution is 0.0529. The molecule has 0 bridgehead atoms. The van der Waals surface area contributed by atoms with E-state index < -0.39 is 0 Å². The van der Waals surface area contributed by atoms with Gasteiger partial charge in [0.25, 0.3) is 0 Å². The number of anilines is 1.